The number of hydrogen-bond acceptors (Lipinski definition) is 1. The van der Waals surface area contributed by atoms with Crippen LogP contribution in [-0.4, -0.2) is 17.4 Å². The van der Waals surface area contributed by atoms with Crippen LogP contribution in [0.2, 0.25) is 0 Å². The van der Waals surface area contributed by atoms with Crippen LogP contribution in [0, 0.1) is 5.92 Å². The molecule has 1 rings (SSSR count). The quantitative estimate of drug-likeness (QED) is 0.752. The van der Waals surface area contributed by atoms with Crippen LogP contribution in [0.5, 0.6) is 0 Å². The molecule has 2 heteroatoms. The summed E-state index contributed by atoms with van der Waals surface area (Å²) in [6, 6.07) is 1.45. The minimum Gasteiger partial charge on any atom is -0.310 e. The largest absolute Gasteiger partial charge is 0.310 e. The van der Waals surface area contributed by atoms with E-state index in [1.165, 1.54) is 32.1 Å². The fourth-order valence-corrected chi connectivity index (χ4v) is 2.92. The third-order valence-corrected chi connectivity index (χ3v) is 3.72. The predicted molar refractivity (Wildman–Crippen MR) is 62.4 cm³/mol. The average Bonchev–Trinajstić information content (AvgIpc) is 2.15. The molecule has 0 amide bonds. The van der Waals surface area contributed by atoms with Gasteiger partial charge in [0.15, 0.2) is 0 Å². The molecule has 0 aromatic heterocycles. The van der Waals surface area contributed by atoms with E-state index in [0.717, 1.165) is 17.3 Å². The van der Waals surface area contributed by atoms with Crippen LogP contribution in [0.3, 0.4) is 0 Å². The molecule has 78 valence electrons. The summed E-state index contributed by atoms with van der Waals surface area (Å²) in [6.45, 7) is 4.59. The lowest BCUT2D eigenvalue weighted by atomic mass is 9.94. The van der Waals surface area contributed by atoms with Crippen molar-refractivity contribution in [2.75, 3.05) is 5.33 Å². The second-order valence-electron chi connectivity index (χ2n) is 4.51. The summed E-state index contributed by atoms with van der Waals surface area (Å²) >= 11 is 3.58. The molecule has 0 bridgehead atoms. The third-order valence-electron chi connectivity index (χ3n) is 3.03. The minimum absolute atomic E-state index is 0.656. The minimum atomic E-state index is 0.656. The molecule has 0 heterocycles. The van der Waals surface area contributed by atoms with Gasteiger partial charge in [0, 0.05) is 17.4 Å². The predicted octanol–water partition coefficient (Wildman–Crippen LogP) is 3.33. The van der Waals surface area contributed by atoms with E-state index >= 15 is 0 Å². The van der Waals surface area contributed by atoms with E-state index in [9.17, 15) is 0 Å². The van der Waals surface area contributed by atoms with Crippen LogP contribution in [0.25, 0.3) is 0 Å². The summed E-state index contributed by atoms with van der Waals surface area (Å²) in [6.07, 6.45) is 7.06. The molecule has 1 fully saturated rings. The maximum absolute atomic E-state index is 3.76. The SMILES string of the molecule is CC(C)C(CBr)NC1CCCCC1. The zero-order valence-electron chi connectivity index (χ0n) is 8.85. The molecule has 1 atom stereocenters. The van der Waals surface area contributed by atoms with Gasteiger partial charge in [-0.15, -0.1) is 0 Å². The fraction of sp³-hybridized carbons (Fsp3) is 1.00. The van der Waals surface area contributed by atoms with Gasteiger partial charge in [-0.3, -0.25) is 0 Å². The molecule has 1 N–H and O–H groups in total. The van der Waals surface area contributed by atoms with Crippen molar-refractivity contribution >= 4 is 15.9 Å². The lowest BCUT2D eigenvalue weighted by molar-refractivity contribution is 0.313. The van der Waals surface area contributed by atoms with Crippen LogP contribution in [-0.2, 0) is 0 Å². The second kappa shape index (κ2) is 6.02. The summed E-state index contributed by atoms with van der Waals surface area (Å²) in [5.41, 5.74) is 0. The van der Waals surface area contributed by atoms with E-state index < -0.39 is 0 Å². The zero-order chi connectivity index (χ0) is 9.68. The number of halogens is 1. The first kappa shape index (κ1) is 11.5. The average molecular weight is 248 g/mol. The Morgan fingerprint density at radius 2 is 1.85 bits per heavy atom. The van der Waals surface area contributed by atoms with Gasteiger partial charge in [-0.1, -0.05) is 49.0 Å². The van der Waals surface area contributed by atoms with Crippen LogP contribution in [0.4, 0.5) is 0 Å². The Labute approximate surface area is 90.8 Å². The Morgan fingerprint density at radius 3 is 2.31 bits per heavy atom. The summed E-state index contributed by atoms with van der Waals surface area (Å²) in [5, 5.41) is 4.84. The van der Waals surface area contributed by atoms with E-state index in [0.29, 0.717) is 6.04 Å². The van der Waals surface area contributed by atoms with Crippen molar-refractivity contribution in [3.63, 3.8) is 0 Å². The Bertz CT molecular complexity index is 130. The maximum atomic E-state index is 3.76. The third kappa shape index (κ3) is 3.99. The molecule has 1 aliphatic carbocycles. The van der Waals surface area contributed by atoms with Crippen LogP contribution < -0.4 is 5.32 Å². The van der Waals surface area contributed by atoms with Crippen molar-refractivity contribution in [2.45, 2.75) is 58.0 Å². The summed E-state index contributed by atoms with van der Waals surface area (Å²) in [7, 11) is 0. The van der Waals surface area contributed by atoms with Crippen LogP contribution in [0.1, 0.15) is 46.0 Å². The van der Waals surface area contributed by atoms with Crippen LogP contribution in [0.15, 0.2) is 0 Å². The van der Waals surface area contributed by atoms with Gasteiger partial charge in [-0.2, -0.15) is 0 Å². The molecule has 13 heavy (non-hydrogen) atoms. The highest BCUT2D eigenvalue weighted by Crippen LogP contribution is 2.19. The van der Waals surface area contributed by atoms with E-state index in [2.05, 4.69) is 35.1 Å². The zero-order valence-corrected chi connectivity index (χ0v) is 10.4. The molecule has 0 saturated heterocycles. The Morgan fingerprint density at radius 1 is 1.23 bits per heavy atom. The van der Waals surface area contributed by atoms with Gasteiger partial charge < -0.3 is 5.32 Å². The number of hydrogen-bond donors (Lipinski definition) is 1. The van der Waals surface area contributed by atoms with Gasteiger partial charge >= 0.3 is 0 Å². The summed E-state index contributed by atoms with van der Waals surface area (Å²) in [5.74, 6) is 0.737. The molecule has 0 radical (unpaired) electrons. The van der Waals surface area contributed by atoms with Gasteiger partial charge in [0.25, 0.3) is 0 Å². The van der Waals surface area contributed by atoms with Gasteiger partial charge in [-0.05, 0) is 18.8 Å². The Kier molecular flexibility index (Phi) is 5.34. The normalized spacial score (nSPS) is 22.2. The first-order chi connectivity index (χ1) is 6.24. The molecular formula is C11H22BrN. The summed E-state index contributed by atoms with van der Waals surface area (Å²) < 4.78 is 0. The van der Waals surface area contributed by atoms with Crippen molar-refractivity contribution in [3.05, 3.63) is 0 Å². The molecule has 0 aromatic rings. The number of rotatable bonds is 4. The van der Waals surface area contributed by atoms with Crippen molar-refractivity contribution in [3.8, 4) is 0 Å². The highest BCUT2D eigenvalue weighted by Gasteiger charge is 2.18. The first-order valence-electron chi connectivity index (χ1n) is 5.56. The van der Waals surface area contributed by atoms with Gasteiger partial charge in [0.2, 0.25) is 0 Å². The summed E-state index contributed by atoms with van der Waals surface area (Å²) in [4.78, 5) is 0. The topological polar surface area (TPSA) is 12.0 Å². The molecule has 1 aliphatic rings. The molecule has 1 saturated carbocycles. The van der Waals surface area contributed by atoms with Crippen molar-refractivity contribution < 1.29 is 0 Å². The van der Waals surface area contributed by atoms with E-state index in [-0.39, 0.29) is 0 Å². The van der Waals surface area contributed by atoms with E-state index in [4.69, 9.17) is 0 Å². The van der Waals surface area contributed by atoms with E-state index in [1.807, 2.05) is 0 Å². The van der Waals surface area contributed by atoms with Crippen molar-refractivity contribution in [2.24, 2.45) is 5.92 Å². The monoisotopic (exact) mass is 247 g/mol. The van der Waals surface area contributed by atoms with Gasteiger partial charge in [-0.25, -0.2) is 0 Å². The molecule has 1 unspecified atom stereocenters. The highest BCUT2D eigenvalue weighted by atomic mass is 79.9. The maximum Gasteiger partial charge on any atom is 0.0190 e. The van der Waals surface area contributed by atoms with Crippen molar-refractivity contribution in [1.29, 1.82) is 0 Å². The standard InChI is InChI=1S/C11H22BrN/c1-9(2)11(8-12)13-10-6-4-3-5-7-10/h9-11,13H,3-8H2,1-2H3. The van der Waals surface area contributed by atoms with E-state index in [1.54, 1.807) is 0 Å². The lowest BCUT2D eigenvalue weighted by Crippen LogP contribution is -2.43. The van der Waals surface area contributed by atoms with Crippen LogP contribution >= 0.6 is 15.9 Å². The van der Waals surface area contributed by atoms with Gasteiger partial charge in [0.1, 0.15) is 0 Å². The number of alkyl halides is 1. The number of nitrogens with one attached hydrogen (secondary N) is 1. The van der Waals surface area contributed by atoms with Crippen molar-refractivity contribution in [1.82, 2.24) is 5.32 Å². The lowest BCUT2D eigenvalue weighted by Gasteiger charge is -2.29. The Hall–Kier alpha value is 0.440. The Balaban J connectivity index is 2.27. The molecule has 1 nitrogen and oxygen atoms in total. The molecular weight excluding hydrogens is 226 g/mol. The second-order valence-corrected chi connectivity index (χ2v) is 5.15. The van der Waals surface area contributed by atoms with Gasteiger partial charge in [0.05, 0.1) is 0 Å². The first-order valence-corrected chi connectivity index (χ1v) is 6.68. The smallest absolute Gasteiger partial charge is 0.0190 e. The molecule has 0 aromatic carbocycles. The fourth-order valence-electron chi connectivity index (χ4n) is 1.99. The molecule has 0 spiro atoms. The highest BCUT2D eigenvalue weighted by molar-refractivity contribution is 9.09. The molecule has 0 aliphatic heterocycles.